The van der Waals surface area contributed by atoms with Gasteiger partial charge in [-0.15, -0.1) is 0 Å². The molecule has 0 fully saturated rings. The van der Waals surface area contributed by atoms with Crippen LogP contribution in [0.25, 0.3) is 0 Å². The maximum atomic E-state index is 12.2. The number of benzene rings is 1. The van der Waals surface area contributed by atoms with E-state index in [1.165, 1.54) is 0 Å². The second kappa shape index (κ2) is 5.28. The minimum atomic E-state index is -3.55. The Kier molecular flexibility index (Phi) is 4.40. The van der Waals surface area contributed by atoms with E-state index in [0.717, 1.165) is 11.1 Å². The van der Waals surface area contributed by atoms with Gasteiger partial charge in [0.1, 0.15) is 4.90 Å². The minimum absolute atomic E-state index is 0.129. The van der Waals surface area contributed by atoms with E-state index in [1.807, 2.05) is 34.6 Å². The highest BCUT2D eigenvalue weighted by atomic mass is 32.2. The maximum absolute atomic E-state index is 12.2. The Balaban J connectivity index is 3.17. The van der Waals surface area contributed by atoms with Crippen LogP contribution in [-0.2, 0) is 10.0 Å². The van der Waals surface area contributed by atoms with Gasteiger partial charge in [-0.3, -0.25) is 0 Å². The number of aryl methyl sites for hydroxylation is 2. The van der Waals surface area contributed by atoms with Gasteiger partial charge in [-0.2, -0.15) is 0 Å². The van der Waals surface area contributed by atoms with E-state index in [4.69, 9.17) is 5.73 Å². The number of rotatable bonds is 4. The molecule has 1 unspecified atom stereocenters. The molecule has 18 heavy (non-hydrogen) atoms. The molecular formula is C13H22N2O2S. The van der Waals surface area contributed by atoms with Crippen LogP contribution in [0.15, 0.2) is 17.0 Å². The fraction of sp³-hybridized carbons (Fsp3) is 0.538. The zero-order chi connectivity index (χ0) is 14.1. The zero-order valence-electron chi connectivity index (χ0n) is 11.6. The van der Waals surface area contributed by atoms with Crippen LogP contribution in [0.2, 0.25) is 0 Å². The van der Waals surface area contributed by atoms with Gasteiger partial charge in [-0.25, -0.2) is 13.1 Å². The second-order valence-corrected chi connectivity index (χ2v) is 6.81. The fourth-order valence-electron chi connectivity index (χ4n) is 1.49. The molecule has 1 rings (SSSR count). The quantitative estimate of drug-likeness (QED) is 0.824. The van der Waals surface area contributed by atoms with Gasteiger partial charge in [-0.05, 0) is 49.9 Å². The van der Waals surface area contributed by atoms with Crippen LogP contribution >= 0.6 is 0 Å². The molecule has 0 spiro atoms. The monoisotopic (exact) mass is 270 g/mol. The molecule has 102 valence electrons. The standard InChI is InChI=1S/C13H22N2O2S/c1-8(2)11(5)15-18(16,17)13-7-10(4)9(3)6-12(13)14/h6-8,11,15H,14H2,1-5H3. The summed E-state index contributed by atoms with van der Waals surface area (Å²) in [4.78, 5) is 0.165. The highest BCUT2D eigenvalue weighted by molar-refractivity contribution is 7.89. The fourth-order valence-corrected chi connectivity index (χ4v) is 3.08. The molecule has 0 heterocycles. The summed E-state index contributed by atoms with van der Waals surface area (Å²) < 4.78 is 27.1. The number of anilines is 1. The Morgan fingerprint density at radius 2 is 1.61 bits per heavy atom. The molecule has 1 aromatic rings. The molecule has 1 atom stereocenters. The van der Waals surface area contributed by atoms with Crippen LogP contribution in [0.1, 0.15) is 31.9 Å². The van der Waals surface area contributed by atoms with Crippen molar-refractivity contribution in [3.8, 4) is 0 Å². The van der Waals surface area contributed by atoms with Gasteiger partial charge in [0.2, 0.25) is 10.0 Å². The third kappa shape index (κ3) is 3.23. The summed E-state index contributed by atoms with van der Waals surface area (Å²) in [7, 11) is -3.55. The van der Waals surface area contributed by atoms with Crippen LogP contribution in [0.4, 0.5) is 5.69 Å². The van der Waals surface area contributed by atoms with Crippen molar-refractivity contribution in [1.29, 1.82) is 0 Å². The molecule has 3 N–H and O–H groups in total. The highest BCUT2D eigenvalue weighted by Crippen LogP contribution is 2.23. The van der Waals surface area contributed by atoms with Gasteiger partial charge in [0, 0.05) is 6.04 Å². The lowest BCUT2D eigenvalue weighted by Crippen LogP contribution is -2.36. The van der Waals surface area contributed by atoms with Gasteiger partial charge in [-0.1, -0.05) is 13.8 Å². The molecule has 5 heteroatoms. The molecule has 0 amide bonds. The first kappa shape index (κ1) is 15.0. The number of hydrogen-bond donors (Lipinski definition) is 2. The lowest BCUT2D eigenvalue weighted by Gasteiger charge is -2.19. The summed E-state index contributed by atoms with van der Waals surface area (Å²) in [6.45, 7) is 9.57. The Labute approximate surface area is 110 Å². The van der Waals surface area contributed by atoms with Crippen molar-refractivity contribution in [3.05, 3.63) is 23.3 Å². The number of nitrogens with one attached hydrogen (secondary N) is 1. The average molecular weight is 270 g/mol. The van der Waals surface area contributed by atoms with Crippen LogP contribution in [0.3, 0.4) is 0 Å². The lowest BCUT2D eigenvalue weighted by atomic mass is 10.1. The third-order valence-electron chi connectivity index (χ3n) is 3.26. The van der Waals surface area contributed by atoms with E-state index in [2.05, 4.69) is 4.72 Å². The van der Waals surface area contributed by atoms with Gasteiger partial charge in [0.15, 0.2) is 0 Å². The normalized spacial score (nSPS) is 13.9. The van der Waals surface area contributed by atoms with E-state index in [1.54, 1.807) is 12.1 Å². The molecular weight excluding hydrogens is 248 g/mol. The lowest BCUT2D eigenvalue weighted by molar-refractivity contribution is 0.476. The molecule has 0 saturated carbocycles. The van der Waals surface area contributed by atoms with Crippen molar-refractivity contribution in [1.82, 2.24) is 4.72 Å². The minimum Gasteiger partial charge on any atom is -0.398 e. The van der Waals surface area contributed by atoms with Crippen molar-refractivity contribution >= 4 is 15.7 Å². The average Bonchev–Trinajstić information content (AvgIpc) is 2.22. The maximum Gasteiger partial charge on any atom is 0.242 e. The van der Waals surface area contributed by atoms with Crippen molar-refractivity contribution < 1.29 is 8.42 Å². The predicted molar refractivity (Wildman–Crippen MR) is 74.9 cm³/mol. The summed E-state index contributed by atoms with van der Waals surface area (Å²) in [5.41, 5.74) is 8.01. The first-order chi connectivity index (χ1) is 8.15. The topological polar surface area (TPSA) is 72.2 Å². The van der Waals surface area contributed by atoms with Gasteiger partial charge in [0.05, 0.1) is 5.69 Å². The van der Waals surface area contributed by atoms with Crippen LogP contribution in [0.5, 0.6) is 0 Å². The van der Waals surface area contributed by atoms with Crippen molar-refractivity contribution in [2.75, 3.05) is 5.73 Å². The van der Waals surface area contributed by atoms with Crippen molar-refractivity contribution in [2.24, 2.45) is 5.92 Å². The zero-order valence-corrected chi connectivity index (χ0v) is 12.4. The number of hydrogen-bond acceptors (Lipinski definition) is 3. The summed E-state index contributed by atoms with van der Waals surface area (Å²) in [5, 5.41) is 0. The van der Waals surface area contributed by atoms with Crippen LogP contribution in [-0.4, -0.2) is 14.5 Å². The second-order valence-electron chi connectivity index (χ2n) is 5.13. The van der Waals surface area contributed by atoms with E-state index in [9.17, 15) is 8.42 Å². The first-order valence-electron chi connectivity index (χ1n) is 6.04. The molecule has 0 radical (unpaired) electrons. The molecule has 1 aromatic carbocycles. The first-order valence-corrected chi connectivity index (χ1v) is 7.52. The van der Waals surface area contributed by atoms with Gasteiger partial charge < -0.3 is 5.73 Å². The van der Waals surface area contributed by atoms with E-state index in [-0.39, 0.29) is 16.9 Å². The van der Waals surface area contributed by atoms with Crippen molar-refractivity contribution in [3.63, 3.8) is 0 Å². The molecule has 0 aliphatic heterocycles. The summed E-state index contributed by atoms with van der Waals surface area (Å²) in [6.07, 6.45) is 0. The van der Waals surface area contributed by atoms with Gasteiger partial charge >= 0.3 is 0 Å². The highest BCUT2D eigenvalue weighted by Gasteiger charge is 2.22. The summed E-state index contributed by atoms with van der Waals surface area (Å²) in [5.74, 6) is 0.229. The predicted octanol–water partition coefficient (Wildman–Crippen LogP) is 2.21. The molecule has 0 aliphatic carbocycles. The molecule has 0 aromatic heterocycles. The Bertz CT molecular complexity index is 536. The molecule has 0 bridgehead atoms. The molecule has 0 aliphatic rings. The molecule has 0 saturated heterocycles. The van der Waals surface area contributed by atoms with Crippen LogP contribution in [0, 0.1) is 19.8 Å². The van der Waals surface area contributed by atoms with E-state index < -0.39 is 10.0 Å². The smallest absolute Gasteiger partial charge is 0.242 e. The van der Waals surface area contributed by atoms with Gasteiger partial charge in [0.25, 0.3) is 0 Å². The number of sulfonamides is 1. The summed E-state index contributed by atoms with van der Waals surface area (Å²) >= 11 is 0. The SMILES string of the molecule is Cc1cc(N)c(S(=O)(=O)NC(C)C(C)C)cc1C. The Hall–Kier alpha value is -1.07. The largest absolute Gasteiger partial charge is 0.398 e. The van der Waals surface area contributed by atoms with E-state index >= 15 is 0 Å². The van der Waals surface area contributed by atoms with E-state index in [0.29, 0.717) is 5.69 Å². The third-order valence-corrected chi connectivity index (χ3v) is 4.87. The molecule has 4 nitrogen and oxygen atoms in total. The number of nitrogen functional groups attached to an aromatic ring is 1. The summed E-state index contributed by atoms with van der Waals surface area (Å²) in [6, 6.07) is 3.19. The van der Waals surface area contributed by atoms with Crippen LogP contribution < -0.4 is 10.5 Å². The van der Waals surface area contributed by atoms with Crippen molar-refractivity contribution in [2.45, 2.75) is 45.6 Å². The number of nitrogens with two attached hydrogens (primary N) is 1. The Morgan fingerprint density at radius 1 is 1.11 bits per heavy atom. The Morgan fingerprint density at radius 3 is 2.11 bits per heavy atom.